The van der Waals surface area contributed by atoms with Gasteiger partial charge < -0.3 is 0 Å². The zero-order valence-electron chi connectivity index (χ0n) is 18.6. The van der Waals surface area contributed by atoms with Crippen LogP contribution in [0.25, 0.3) is 22.4 Å². The molecule has 0 unspecified atom stereocenters. The molecule has 0 atom stereocenters. The molecule has 0 saturated heterocycles. The lowest BCUT2D eigenvalue weighted by Crippen LogP contribution is -1.86. The van der Waals surface area contributed by atoms with Crippen molar-refractivity contribution in [2.75, 3.05) is 0 Å². The minimum absolute atomic E-state index is 0.938. The average molecular weight is 432 g/mol. The molecule has 0 N–H and O–H groups in total. The van der Waals surface area contributed by atoms with E-state index in [4.69, 9.17) is 0 Å². The van der Waals surface area contributed by atoms with E-state index in [1.807, 2.05) is 85.1 Å². The van der Waals surface area contributed by atoms with Crippen LogP contribution in [-0.2, 0) is 0 Å². The Labute approximate surface area is 200 Å². The van der Waals surface area contributed by atoms with Crippen LogP contribution in [0.3, 0.4) is 0 Å². The van der Waals surface area contributed by atoms with Crippen molar-refractivity contribution in [3.05, 3.63) is 150 Å². The zero-order valence-corrected chi connectivity index (χ0v) is 18.6. The summed E-state index contributed by atoms with van der Waals surface area (Å²) in [5.74, 6) is 12.9. The van der Waals surface area contributed by atoms with Gasteiger partial charge in [-0.25, -0.2) is 0 Å². The second kappa shape index (κ2) is 10.2. The van der Waals surface area contributed by atoms with Crippen LogP contribution in [0.4, 0.5) is 0 Å². The van der Waals surface area contributed by atoms with E-state index in [1.54, 1.807) is 0 Å². The minimum Gasteiger partial charge on any atom is -0.256 e. The Morgan fingerprint density at radius 2 is 0.824 bits per heavy atom. The highest BCUT2D eigenvalue weighted by Crippen LogP contribution is 2.25. The van der Waals surface area contributed by atoms with Crippen molar-refractivity contribution in [3.63, 3.8) is 0 Å². The fourth-order valence-electron chi connectivity index (χ4n) is 3.57. The molecule has 0 saturated carbocycles. The molecular formula is C33H21N. The van der Waals surface area contributed by atoms with Crippen LogP contribution < -0.4 is 0 Å². The maximum atomic E-state index is 4.58. The number of rotatable bonds is 2. The molecule has 0 spiro atoms. The molecule has 1 aromatic heterocycles. The maximum Gasteiger partial charge on any atom is 0.0708 e. The number of hydrogen-bond acceptors (Lipinski definition) is 1. The van der Waals surface area contributed by atoms with Gasteiger partial charge >= 0.3 is 0 Å². The molecule has 4 aromatic carbocycles. The molecule has 0 amide bonds. The smallest absolute Gasteiger partial charge is 0.0708 e. The van der Waals surface area contributed by atoms with Crippen LogP contribution in [0.2, 0.25) is 0 Å². The van der Waals surface area contributed by atoms with Gasteiger partial charge in [0.15, 0.2) is 0 Å². The first-order valence-electron chi connectivity index (χ1n) is 11.1. The predicted molar refractivity (Wildman–Crippen MR) is 140 cm³/mol. The van der Waals surface area contributed by atoms with Crippen LogP contribution in [0.1, 0.15) is 22.3 Å². The highest BCUT2D eigenvalue weighted by Gasteiger charge is 2.03. The summed E-state index contributed by atoms with van der Waals surface area (Å²) >= 11 is 0. The van der Waals surface area contributed by atoms with Gasteiger partial charge in [-0.2, -0.15) is 0 Å². The van der Waals surface area contributed by atoms with Gasteiger partial charge in [0.25, 0.3) is 0 Å². The average Bonchev–Trinajstić information content (AvgIpc) is 2.93. The van der Waals surface area contributed by atoms with Crippen molar-refractivity contribution in [2.45, 2.75) is 0 Å². The van der Waals surface area contributed by atoms with E-state index in [1.165, 1.54) is 0 Å². The van der Waals surface area contributed by atoms with Gasteiger partial charge in [0.2, 0.25) is 0 Å². The first-order valence-corrected chi connectivity index (χ1v) is 11.1. The Morgan fingerprint density at radius 1 is 0.382 bits per heavy atom. The molecule has 1 heteroatoms. The van der Waals surface area contributed by atoms with E-state index >= 15 is 0 Å². The van der Waals surface area contributed by atoms with Crippen LogP contribution in [0.5, 0.6) is 0 Å². The van der Waals surface area contributed by atoms with Gasteiger partial charge in [-0.3, -0.25) is 4.98 Å². The first-order chi connectivity index (χ1) is 16.8. The molecule has 5 rings (SSSR count). The highest BCUT2D eigenvalue weighted by molar-refractivity contribution is 5.71. The molecule has 0 aliphatic heterocycles. The predicted octanol–water partition coefficient (Wildman–Crippen LogP) is 7.22. The molecule has 0 bridgehead atoms. The third-order valence-corrected chi connectivity index (χ3v) is 5.41. The topological polar surface area (TPSA) is 12.9 Å². The third-order valence-electron chi connectivity index (χ3n) is 5.41. The Kier molecular flexibility index (Phi) is 6.29. The van der Waals surface area contributed by atoms with E-state index in [-0.39, 0.29) is 0 Å². The van der Waals surface area contributed by atoms with Crippen LogP contribution in [0, 0.1) is 23.7 Å². The van der Waals surface area contributed by atoms with Crippen molar-refractivity contribution in [1.82, 2.24) is 4.98 Å². The number of hydrogen-bond donors (Lipinski definition) is 0. The molecule has 158 valence electrons. The molecular weight excluding hydrogens is 410 g/mol. The van der Waals surface area contributed by atoms with Crippen molar-refractivity contribution in [1.29, 1.82) is 0 Å². The van der Waals surface area contributed by atoms with E-state index in [2.05, 4.69) is 71.1 Å². The fraction of sp³-hybridized carbons (Fsp3) is 0. The molecule has 0 aliphatic rings. The molecule has 5 aromatic rings. The second-order valence-corrected chi connectivity index (χ2v) is 7.82. The summed E-state index contributed by atoms with van der Waals surface area (Å²) in [4.78, 5) is 4.58. The monoisotopic (exact) mass is 431 g/mol. The van der Waals surface area contributed by atoms with Gasteiger partial charge in [0.1, 0.15) is 0 Å². The lowest BCUT2D eigenvalue weighted by Gasteiger charge is -2.06. The second-order valence-electron chi connectivity index (χ2n) is 7.82. The molecule has 1 nitrogen and oxygen atoms in total. The lowest BCUT2D eigenvalue weighted by molar-refractivity contribution is 1.32. The normalized spacial score (nSPS) is 9.88. The summed E-state index contributed by atoms with van der Waals surface area (Å²) in [7, 11) is 0. The van der Waals surface area contributed by atoms with Gasteiger partial charge in [0.05, 0.1) is 5.69 Å². The van der Waals surface area contributed by atoms with Crippen molar-refractivity contribution < 1.29 is 0 Å². The summed E-state index contributed by atoms with van der Waals surface area (Å²) in [6.45, 7) is 0. The molecule has 0 radical (unpaired) electrons. The third kappa shape index (κ3) is 5.31. The molecule has 0 fully saturated rings. The van der Waals surface area contributed by atoms with Crippen LogP contribution in [0.15, 0.2) is 128 Å². The Bertz CT molecular complexity index is 1390. The van der Waals surface area contributed by atoms with Crippen LogP contribution in [-0.4, -0.2) is 4.98 Å². The highest BCUT2D eigenvalue weighted by atomic mass is 14.7. The van der Waals surface area contributed by atoms with Gasteiger partial charge in [0, 0.05) is 34.0 Å². The van der Waals surface area contributed by atoms with Crippen molar-refractivity contribution >= 4 is 0 Å². The first kappa shape index (κ1) is 21.0. The van der Waals surface area contributed by atoms with E-state index < -0.39 is 0 Å². The minimum atomic E-state index is 0.938. The Morgan fingerprint density at radius 3 is 1.32 bits per heavy atom. The van der Waals surface area contributed by atoms with Crippen molar-refractivity contribution in [2.24, 2.45) is 0 Å². The zero-order chi connectivity index (χ0) is 23.0. The number of nitrogens with zero attached hydrogens (tertiary/aromatic N) is 1. The quantitative estimate of drug-likeness (QED) is 0.269. The number of pyridine rings is 1. The van der Waals surface area contributed by atoms with E-state index in [9.17, 15) is 0 Å². The number of benzene rings is 4. The van der Waals surface area contributed by atoms with Gasteiger partial charge in [-0.1, -0.05) is 84.3 Å². The molecule has 34 heavy (non-hydrogen) atoms. The van der Waals surface area contributed by atoms with Crippen molar-refractivity contribution in [3.8, 4) is 46.1 Å². The largest absolute Gasteiger partial charge is 0.256 e. The maximum absolute atomic E-state index is 4.58. The van der Waals surface area contributed by atoms with Crippen LogP contribution >= 0.6 is 0 Å². The van der Waals surface area contributed by atoms with Gasteiger partial charge in [-0.05, 0) is 71.8 Å². The summed E-state index contributed by atoms with van der Waals surface area (Å²) in [5, 5.41) is 0. The Balaban J connectivity index is 1.33. The van der Waals surface area contributed by atoms with E-state index in [0.717, 1.165) is 44.6 Å². The standard InChI is InChI=1S/C33H21N/c1-3-7-26(8-4-1)11-13-28-15-19-30(20-16-28)32-23-24-34-33(25-32)31-21-17-29(18-22-31)14-12-27-9-5-2-6-10-27/h1-10,15-25H. The van der Waals surface area contributed by atoms with Gasteiger partial charge in [-0.15, -0.1) is 0 Å². The Hall–Kier alpha value is -4.85. The molecule has 1 heterocycles. The summed E-state index contributed by atoms with van der Waals surface area (Å²) in [6.07, 6.45) is 1.86. The summed E-state index contributed by atoms with van der Waals surface area (Å²) in [6, 6.07) is 40.8. The fourth-order valence-corrected chi connectivity index (χ4v) is 3.57. The number of aromatic nitrogens is 1. The summed E-state index contributed by atoms with van der Waals surface area (Å²) in [5.41, 5.74) is 8.27. The summed E-state index contributed by atoms with van der Waals surface area (Å²) < 4.78 is 0. The molecule has 0 aliphatic carbocycles. The lowest BCUT2D eigenvalue weighted by atomic mass is 10.0. The SMILES string of the molecule is C(#Cc1ccc(-c2ccnc(-c3ccc(C#Cc4ccccc4)cc3)c2)cc1)c1ccccc1. The van der Waals surface area contributed by atoms with E-state index in [0.29, 0.717) is 0 Å².